The second-order valence-electron chi connectivity index (χ2n) is 8.09. The van der Waals surface area contributed by atoms with Crippen molar-refractivity contribution in [3.8, 4) is 0 Å². The first-order chi connectivity index (χ1) is 15.4. The Balaban J connectivity index is 1.48. The average molecular weight is 454 g/mol. The fourth-order valence-corrected chi connectivity index (χ4v) is 5.40. The highest BCUT2D eigenvalue weighted by molar-refractivity contribution is 7.89. The summed E-state index contributed by atoms with van der Waals surface area (Å²) >= 11 is 0. The van der Waals surface area contributed by atoms with Crippen LogP contribution in [0.2, 0.25) is 0 Å². The van der Waals surface area contributed by atoms with Gasteiger partial charge in [0.2, 0.25) is 10.0 Å². The standard InChI is InChI=1S/C24H27N3O4S/c1-26(2)22(23-11-6-14-31-23)16-25-24(28)19-9-5-10-21(15-19)32(29,30)27-13-12-18-7-3-4-8-20(18)17-27/h3-11,14-15,22H,12-13,16-17H2,1-2H3,(H,25,28)/t22-/m1/s1. The Bertz CT molecular complexity index is 1190. The highest BCUT2D eigenvalue weighted by atomic mass is 32.2. The highest BCUT2D eigenvalue weighted by Gasteiger charge is 2.29. The molecule has 0 bridgehead atoms. The minimum atomic E-state index is -3.71. The molecule has 3 aromatic rings. The molecule has 0 unspecified atom stereocenters. The zero-order valence-corrected chi connectivity index (χ0v) is 19.0. The molecular formula is C24H27N3O4S. The van der Waals surface area contributed by atoms with Crippen LogP contribution in [0.5, 0.6) is 0 Å². The molecule has 8 heteroatoms. The van der Waals surface area contributed by atoms with Crippen molar-refractivity contribution in [2.75, 3.05) is 27.2 Å². The molecular weight excluding hydrogens is 426 g/mol. The number of nitrogens with zero attached hydrogens (tertiary/aromatic N) is 2. The van der Waals surface area contributed by atoms with E-state index in [1.165, 1.54) is 22.0 Å². The molecule has 0 fully saturated rings. The maximum Gasteiger partial charge on any atom is 0.251 e. The van der Waals surface area contributed by atoms with Gasteiger partial charge >= 0.3 is 0 Å². The summed E-state index contributed by atoms with van der Waals surface area (Å²) < 4.78 is 33.5. The van der Waals surface area contributed by atoms with E-state index in [2.05, 4.69) is 5.32 Å². The summed E-state index contributed by atoms with van der Waals surface area (Å²) in [6.45, 7) is 1.09. The molecule has 1 aromatic heterocycles. The number of fused-ring (bicyclic) bond motifs is 1. The molecule has 2 heterocycles. The van der Waals surface area contributed by atoms with E-state index in [1.807, 2.05) is 49.3 Å². The number of carbonyl (C=O) groups is 1. The van der Waals surface area contributed by atoms with Crippen molar-refractivity contribution in [2.45, 2.75) is 23.9 Å². The number of sulfonamides is 1. The van der Waals surface area contributed by atoms with Crippen molar-refractivity contribution in [3.05, 3.63) is 89.4 Å². The van der Waals surface area contributed by atoms with E-state index in [0.717, 1.165) is 11.3 Å². The van der Waals surface area contributed by atoms with Crippen LogP contribution >= 0.6 is 0 Å². The van der Waals surface area contributed by atoms with Gasteiger partial charge in [-0.1, -0.05) is 30.3 Å². The van der Waals surface area contributed by atoms with Gasteiger partial charge in [-0.15, -0.1) is 0 Å². The molecule has 0 aliphatic carbocycles. The Labute approximate surface area is 188 Å². The average Bonchev–Trinajstić information content (AvgIpc) is 3.33. The Morgan fingerprint density at radius 2 is 1.88 bits per heavy atom. The molecule has 0 saturated heterocycles. The minimum absolute atomic E-state index is 0.125. The van der Waals surface area contributed by atoms with Crippen LogP contribution in [-0.4, -0.2) is 50.7 Å². The van der Waals surface area contributed by atoms with Gasteiger partial charge in [-0.05, 0) is 62.0 Å². The summed E-state index contributed by atoms with van der Waals surface area (Å²) in [5.74, 6) is 0.418. The van der Waals surface area contributed by atoms with Gasteiger partial charge in [0.25, 0.3) is 5.91 Å². The second kappa shape index (κ2) is 9.28. The van der Waals surface area contributed by atoms with E-state index < -0.39 is 10.0 Å². The van der Waals surface area contributed by atoms with Gasteiger partial charge in [0.15, 0.2) is 0 Å². The van der Waals surface area contributed by atoms with Gasteiger partial charge in [-0.25, -0.2) is 8.42 Å². The molecule has 4 rings (SSSR count). The van der Waals surface area contributed by atoms with Crippen LogP contribution in [-0.2, 0) is 23.0 Å². The molecule has 1 N–H and O–H groups in total. The lowest BCUT2D eigenvalue weighted by molar-refractivity contribution is 0.0939. The number of furan rings is 1. The molecule has 7 nitrogen and oxygen atoms in total. The van der Waals surface area contributed by atoms with Gasteiger partial charge in [-0.3, -0.25) is 9.69 Å². The molecule has 1 atom stereocenters. The van der Waals surface area contributed by atoms with E-state index in [9.17, 15) is 13.2 Å². The summed E-state index contributed by atoms with van der Waals surface area (Å²) in [7, 11) is 0.101. The molecule has 168 valence electrons. The van der Waals surface area contributed by atoms with Gasteiger partial charge in [0.1, 0.15) is 5.76 Å². The van der Waals surface area contributed by atoms with Gasteiger partial charge in [0.05, 0.1) is 17.2 Å². The Kier molecular flexibility index (Phi) is 6.45. The van der Waals surface area contributed by atoms with E-state index in [1.54, 1.807) is 24.5 Å². The molecule has 1 aliphatic heterocycles. The van der Waals surface area contributed by atoms with Crippen molar-refractivity contribution >= 4 is 15.9 Å². The predicted molar refractivity (Wildman–Crippen MR) is 122 cm³/mol. The molecule has 1 amide bonds. The number of hydrogen-bond acceptors (Lipinski definition) is 5. The molecule has 32 heavy (non-hydrogen) atoms. The zero-order chi connectivity index (χ0) is 22.7. The summed E-state index contributed by atoms with van der Waals surface area (Å²) in [4.78, 5) is 14.9. The molecule has 1 aliphatic rings. The number of rotatable bonds is 7. The molecule has 0 saturated carbocycles. The Morgan fingerprint density at radius 3 is 2.59 bits per heavy atom. The van der Waals surface area contributed by atoms with Crippen molar-refractivity contribution < 1.29 is 17.6 Å². The number of hydrogen-bond donors (Lipinski definition) is 1. The third kappa shape index (κ3) is 4.62. The maximum atomic E-state index is 13.3. The van der Waals surface area contributed by atoms with E-state index in [4.69, 9.17) is 4.42 Å². The zero-order valence-electron chi connectivity index (χ0n) is 18.2. The van der Waals surface area contributed by atoms with Crippen LogP contribution in [0, 0.1) is 0 Å². The summed E-state index contributed by atoms with van der Waals surface area (Å²) in [5.41, 5.74) is 2.50. The van der Waals surface area contributed by atoms with Crippen LogP contribution in [0.15, 0.2) is 76.2 Å². The largest absolute Gasteiger partial charge is 0.468 e. The van der Waals surface area contributed by atoms with E-state index in [0.29, 0.717) is 31.6 Å². The predicted octanol–water partition coefficient (Wildman–Crippen LogP) is 3.06. The lowest BCUT2D eigenvalue weighted by Crippen LogP contribution is -2.36. The minimum Gasteiger partial charge on any atom is -0.468 e. The fraction of sp³-hybridized carbons (Fsp3) is 0.292. The number of benzene rings is 2. The third-order valence-corrected chi connectivity index (χ3v) is 7.62. The van der Waals surface area contributed by atoms with Crippen LogP contribution in [0.4, 0.5) is 0 Å². The normalized spacial score (nSPS) is 15.3. The van der Waals surface area contributed by atoms with E-state index in [-0.39, 0.29) is 16.8 Å². The maximum absolute atomic E-state index is 13.3. The highest BCUT2D eigenvalue weighted by Crippen LogP contribution is 2.25. The van der Waals surface area contributed by atoms with Crippen LogP contribution in [0.25, 0.3) is 0 Å². The second-order valence-corrected chi connectivity index (χ2v) is 10.0. The van der Waals surface area contributed by atoms with Gasteiger partial charge in [0, 0.05) is 25.2 Å². The van der Waals surface area contributed by atoms with E-state index >= 15 is 0 Å². The SMILES string of the molecule is CN(C)[C@H](CNC(=O)c1cccc(S(=O)(=O)N2CCc3ccccc3C2)c1)c1ccco1. The summed E-state index contributed by atoms with van der Waals surface area (Å²) in [5, 5.41) is 2.89. The van der Waals surface area contributed by atoms with Crippen molar-refractivity contribution in [2.24, 2.45) is 0 Å². The topological polar surface area (TPSA) is 82.9 Å². The number of carbonyl (C=O) groups excluding carboxylic acids is 1. The van der Waals surface area contributed by atoms with Crippen LogP contribution < -0.4 is 5.32 Å². The Morgan fingerprint density at radius 1 is 1.09 bits per heavy atom. The molecule has 0 radical (unpaired) electrons. The lowest BCUT2D eigenvalue weighted by Gasteiger charge is -2.28. The van der Waals surface area contributed by atoms with Gasteiger partial charge in [-0.2, -0.15) is 4.31 Å². The fourth-order valence-electron chi connectivity index (χ4n) is 3.93. The first kappa shape index (κ1) is 22.3. The smallest absolute Gasteiger partial charge is 0.251 e. The van der Waals surface area contributed by atoms with Gasteiger partial charge < -0.3 is 9.73 Å². The quantitative estimate of drug-likeness (QED) is 0.595. The van der Waals surface area contributed by atoms with Crippen molar-refractivity contribution in [3.63, 3.8) is 0 Å². The Hall–Kier alpha value is -2.94. The lowest BCUT2D eigenvalue weighted by atomic mass is 10.0. The first-order valence-corrected chi connectivity index (χ1v) is 12.0. The first-order valence-electron chi connectivity index (χ1n) is 10.5. The van der Waals surface area contributed by atoms with Crippen LogP contribution in [0.3, 0.4) is 0 Å². The number of likely N-dealkylation sites (N-methyl/N-ethyl adjacent to an activating group) is 1. The summed E-state index contributed by atoms with van der Waals surface area (Å²) in [6.07, 6.45) is 2.27. The number of nitrogens with one attached hydrogen (secondary N) is 1. The molecule has 2 aromatic carbocycles. The molecule has 0 spiro atoms. The third-order valence-electron chi connectivity index (χ3n) is 5.78. The monoisotopic (exact) mass is 453 g/mol. The van der Waals surface area contributed by atoms with Crippen LogP contribution in [0.1, 0.15) is 33.3 Å². The van der Waals surface area contributed by atoms with Crippen molar-refractivity contribution in [1.29, 1.82) is 0 Å². The van der Waals surface area contributed by atoms with Crippen molar-refractivity contribution in [1.82, 2.24) is 14.5 Å². The number of amides is 1. The summed E-state index contributed by atoms with van der Waals surface area (Å²) in [6, 6.07) is 17.6.